The molecule has 0 aromatic rings. The summed E-state index contributed by atoms with van der Waals surface area (Å²) in [4.78, 5) is 4.83. The number of hydrogen-bond acceptors (Lipinski definition) is 3. The van der Waals surface area contributed by atoms with E-state index in [-0.39, 0.29) is 0 Å². The van der Waals surface area contributed by atoms with Gasteiger partial charge in [0.2, 0.25) is 0 Å². The minimum atomic E-state index is 0.364. The predicted molar refractivity (Wildman–Crippen MR) is 91.6 cm³/mol. The molecule has 122 valence electrons. The molecule has 2 fully saturated rings. The number of hydrogen-bond donors (Lipinski definition) is 1. The molecule has 2 heterocycles. The smallest absolute Gasteiger partial charge is 0.169 e. The summed E-state index contributed by atoms with van der Waals surface area (Å²) in [7, 11) is 2.20. The Labute approximate surface area is 135 Å². The van der Waals surface area contributed by atoms with Crippen molar-refractivity contribution in [2.24, 2.45) is 5.92 Å². The highest BCUT2D eigenvalue weighted by atomic mass is 32.1. The predicted octanol–water partition coefficient (Wildman–Crippen LogP) is 2.09. The number of nitrogens with one attached hydrogen (secondary N) is 1. The Balaban J connectivity index is 1.93. The zero-order valence-corrected chi connectivity index (χ0v) is 14.6. The van der Waals surface area contributed by atoms with Crippen LogP contribution in [0.4, 0.5) is 0 Å². The molecule has 0 amide bonds. The van der Waals surface area contributed by atoms with Gasteiger partial charge in [0.05, 0.1) is 6.10 Å². The first kappa shape index (κ1) is 17.0. The van der Waals surface area contributed by atoms with Gasteiger partial charge in [-0.25, -0.2) is 0 Å². The molecule has 0 bridgehead atoms. The lowest BCUT2D eigenvalue weighted by Gasteiger charge is -2.40. The summed E-state index contributed by atoms with van der Waals surface area (Å²) in [6.07, 6.45) is 5.14. The summed E-state index contributed by atoms with van der Waals surface area (Å²) in [5.74, 6) is 0.616. The van der Waals surface area contributed by atoms with Gasteiger partial charge in [0.1, 0.15) is 0 Å². The molecule has 1 unspecified atom stereocenters. The van der Waals surface area contributed by atoms with Crippen LogP contribution in [0.15, 0.2) is 0 Å². The van der Waals surface area contributed by atoms with Gasteiger partial charge in [0.25, 0.3) is 0 Å². The number of thiocarbonyl (C=S) groups is 1. The zero-order valence-electron chi connectivity index (χ0n) is 13.8. The molecular formula is C16H31N3OS. The van der Waals surface area contributed by atoms with Crippen LogP contribution in [0.25, 0.3) is 0 Å². The maximum Gasteiger partial charge on any atom is 0.169 e. The van der Waals surface area contributed by atoms with Crippen LogP contribution >= 0.6 is 12.2 Å². The number of ether oxygens (including phenoxy) is 1. The van der Waals surface area contributed by atoms with Crippen molar-refractivity contribution in [3.63, 3.8) is 0 Å². The van der Waals surface area contributed by atoms with E-state index in [1.807, 2.05) is 0 Å². The Hall–Kier alpha value is -0.390. The summed E-state index contributed by atoms with van der Waals surface area (Å²) in [6.45, 7) is 9.59. The van der Waals surface area contributed by atoms with Crippen LogP contribution in [-0.4, -0.2) is 66.9 Å². The Morgan fingerprint density at radius 1 is 1.33 bits per heavy atom. The van der Waals surface area contributed by atoms with E-state index >= 15 is 0 Å². The third-order valence-corrected chi connectivity index (χ3v) is 4.85. The molecule has 0 spiro atoms. The lowest BCUT2D eigenvalue weighted by atomic mass is 10.0. The molecule has 5 heteroatoms. The molecule has 1 atom stereocenters. The lowest BCUT2D eigenvalue weighted by Crippen LogP contribution is -2.52. The molecule has 2 saturated heterocycles. The van der Waals surface area contributed by atoms with Gasteiger partial charge in [0, 0.05) is 25.7 Å². The highest BCUT2D eigenvalue weighted by molar-refractivity contribution is 7.80. The largest absolute Gasteiger partial charge is 0.376 e. The van der Waals surface area contributed by atoms with Crippen LogP contribution < -0.4 is 5.32 Å². The number of piperidine rings is 1. The van der Waals surface area contributed by atoms with E-state index in [9.17, 15) is 0 Å². The van der Waals surface area contributed by atoms with E-state index < -0.39 is 0 Å². The van der Waals surface area contributed by atoms with Gasteiger partial charge < -0.3 is 19.9 Å². The molecule has 0 aromatic carbocycles. The summed E-state index contributed by atoms with van der Waals surface area (Å²) in [6, 6.07) is 0.567. The normalized spacial score (nSPS) is 24.5. The summed E-state index contributed by atoms with van der Waals surface area (Å²) in [5.41, 5.74) is 0. The standard InChI is InChI=1S/C16H31N3OS/c1-13(2)11-17-16(21)19(12-15-5-4-10-20-15)14-6-8-18(3)9-7-14/h13-15H,4-12H2,1-3H3,(H,17,21). The highest BCUT2D eigenvalue weighted by Crippen LogP contribution is 2.20. The molecule has 2 aliphatic rings. The van der Waals surface area contributed by atoms with E-state index in [0.717, 1.165) is 24.8 Å². The SMILES string of the molecule is CC(C)CNC(=S)N(CC1CCCO1)C1CCN(C)CC1. The molecule has 0 aromatic heterocycles. The van der Waals surface area contributed by atoms with Crippen LogP contribution in [0.5, 0.6) is 0 Å². The molecule has 0 saturated carbocycles. The van der Waals surface area contributed by atoms with E-state index in [1.165, 1.54) is 38.8 Å². The van der Waals surface area contributed by atoms with Crippen molar-refractivity contribution in [3.05, 3.63) is 0 Å². The van der Waals surface area contributed by atoms with Gasteiger partial charge in [-0.3, -0.25) is 0 Å². The first-order chi connectivity index (χ1) is 10.1. The molecule has 2 aliphatic heterocycles. The fraction of sp³-hybridized carbons (Fsp3) is 0.938. The average molecular weight is 314 g/mol. The second-order valence-corrected chi connectivity index (χ2v) is 7.29. The Bertz CT molecular complexity index is 323. The molecule has 4 nitrogen and oxygen atoms in total. The summed E-state index contributed by atoms with van der Waals surface area (Å²) in [5, 5.41) is 4.38. The quantitative estimate of drug-likeness (QED) is 0.785. The van der Waals surface area contributed by atoms with Crippen molar-refractivity contribution in [2.45, 2.75) is 51.7 Å². The summed E-state index contributed by atoms with van der Waals surface area (Å²) >= 11 is 5.68. The molecule has 0 radical (unpaired) electrons. The van der Waals surface area contributed by atoms with Crippen molar-refractivity contribution in [3.8, 4) is 0 Å². The topological polar surface area (TPSA) is 27.7 Å². The minimum absolute atomic E-state index is 0.364. The molecule has 0 aliphatic carbocycles. The first-order valence-electron chi connectivity index (χ1n) is 8.41. The van der Waals surface area contributed by atoms with Crippen molar-refractivity contribution in [2.75, 3.05) is 39.8 Å². The average Bonchev–Trinajstić information content (AvgIpc) is 2.96. The molecule has 2 rings (SSSR count). The van der Waals surface area contributed by atoms with Crippen LogP contribution in [0, 0.1) is 5.92 Å². The highest BCUT2D eigenvalue weighted by Gasteiger charge is 2.28. The van der Waals surface area contributed by atoms with Crippen molar-refractivity contribution in [1.82, 2.24) is 15.1 Å². The van der Waals surface area contributed by atoms with Crippen molar-refractivity contribution >= 4 is 17.3 Å². The van der Waals surface area contributed by atoms with Crippen molar-refractivity contribution in [1.29, 1.82) is 0 Å². The second-order valence-electron chi connectivity index (χ2n) is 6.90. The lowest BCUT2D eigenvalue weighted by molar-refractivity contribution is 0.0711. The maximum atomic E-state index is 5.83. The van der Waals surface area contributed by atoms with Gasteiger partial charge in [-0.05, 0) is 64.0 Å². The summed E-state index contributed by atoms with van der Waals surface area (Å²) < 4.78 is 5.83. The van der Waals surface area contributed by atoms with Crippen LogP contribution in [-0.2, 0) is 4.74 Å². The van der Waals surface area contributed by atoms with Gasteiger partial charge in [-0.15, -0.1) is 0 Å². The van der Waals surface area contributed by atoms with E-state index in [1.54, 1.807) is 0 Å². The number of likely N-dealkylation sites (tertiary alicyclic amines) is 1. The first-order valence-corrected chi connectivity index (χ1v) is 8.81. The fourth-order valence-electron chi connectivity index (χ4n) is 3.11. The molecule has 1 N–H and O–H groups in total. The third-order valence-electron chi connectivity index (χ3n) is 4.48. The molecular weight excluding hydrogens is 282 g/mol. The van der Waals surface area contributed by atoms with E-state index in [4.69, 9.17) is 17.0 Å². The maximum absolute atomic E-state index is 5.83. The number of rotatable bonds is 5. The monoisotopic (exact) mass is 313 g/mol. The minimum Gasteiger partial charge on any atom is -0.376 e. The van der Waals surface area contributed by atoms with E-state index in [0.29, 0.717) is 18.1 Å². The van der Waals surface area contributed by atoms with E-state index in [2.05, 4.69) is 36.0 Å². The van der Waals surface area contributed by atoms with Gasteiger partial charge in [-0.1, -0.05) is 13.8 Å². The van der Waals surface area contributed by atoms with Crippen LogP contribution in [0.2, 0.25) is 0 Å². The second kappa shape index (κ2) is 8.30. The van der Waals surface area contributed by atoms with Gasteiger partial charge >= 0.3 is 0 Å². The molecule has 21 heavy (non-hydrogen) atoms. The van der Waals surface area contributed by atoms with Gasteiger partial charge in [0.15, 0.2) is 5.11 Å². The zero-order chi connectivity index (χ0) is 15.2. The van der Waals surface area contributed by atoms with Gasteiger partial charge in [-0.2, -0.15) is 0 Å². The Morgan fingerprint density at radius 3 is 2.62 bits per heavy atom. The van der Waals surface area contributed by atoms with Crippen LogP contribution in [0.3, 0.4) is 0 Å². The third kappa shape index (κ3) is 5.38. The Kier molecular flexibility index (Phi) is 6.71. The van der Waals surface area contributed by atoms with Crippen molar-refractivity contribution < 1.29 is 4.74 Å². The Morgan fingerprint density at radius 2 is 2.05 bits per heavy atom. The number of nitrogens with zero attached hydrogens (tertiary/aromatic N) is 2. The van der Waals surface area contributed by atoms with Crippen LogP contribution in [0.1, 0.15) is 39.5 Å². The fourth-order valence-corrected chi connectivity index (χ4v) is 3.41.